The molecule has 3 atom stereocenters. The number of urea groups is 1. The number of phenolic OH excluding ortho intramolecular Hbond substituents is 1. The predicted molar refractivity (Wildman–Crippen MR) is 186 cm³/mol. The SMILES string of the molecule is C=CCN1CC(=O)N2[C@@H](Cc3ccc(O)cc3)C(=O)N(Cc3cccc(C(=O)N[C@@H](CCC(=O)O)C(=O)O)c3)C[C@@H]2N1C(=O)NCc1ccccc1. The van der Waals surface area contributed by atoms with Gasteiger partial charge in [-0.2, -0.15) is 0 Å². The number of aromatic hydroxyl groups is 1. The fourth-order valence-electron chi connectivity index (χ4n) is 6.35. The summed E-state index contributed by atoms with van der Waals surface area (Å²) in [5.41, 5.74) is 2.15. The molecule has 0 spiro atoms. The lowest BCUT2D eigenvalue weighted by molar-refractivity contribution is -0.189. The molecule has 3 aromatic rings. The zero-order valence-electron chi connectivity index (χ0n) is 28.3. The fourth-order valence-corrected chi connectivity index (χ4v) is 6.35. The van der Waals surface area contributed by atoms with E-state index in [-0.39, 0.29) is 62.8 Å². The van der Waals surface area contributed by atoms with Crippen molar-refractivity contribution < 1.29 is 44.1 Å². The van der Waals surface area contributed by atoms with Crippen LogP contribution in [0.5, 0.6) is 5.75 Å². The number of fused-ring (bicyclic) bond motifs is 1. The highest BCUT2D eigenvalue weighted by Gasteiger charge is 2.51. The maximum Gasteiger partial charge on any atom is 0.334 e. The summed E-state index contributed by atoms with van der Waals surface area (Å²) >= 11 is 0. The first-order chi connectivity index (χ1) is 24.9. The van der Waals surface area contributed by atoms with Gasteiger partial charge >= 0.3 is 18.0 Å². The Morgan fingerprint density at radius 2 is 1.63 bits per heavy atom. The van der Waals surface area contributed by atoms with Crippen molar-refractivity contribution in [2.24, 2.45) is 0 Å². The van der Waals surface area contributed by atoms with E-state index in [9.17, 15) is 39.0 Å². The van der Waals surface area contributed by atoms with Crippen LogP contribution in [0.1, 0.15) is 39.9 Å². The summed E-state index contributed by atoms with van der Waals surface area (Å²) < 4.78 is 0. The molecule has 2 saturated heterocycles. The molecule has 3 aromatic carbocycles. The Bertz CT molecular complexity index is 1820. The molecule has 0 saturated carbocycles. The highest BCUT2D eigenvalue weighted by atomic mass is 16.4. The molecule has 0 aliphatic carbocycles. The number of benzene rings is 3. The van der Waals surface area contributed by atoms with Crippen molar-refractivity contribution in [1.82, 2.24) is 30.5 Å². The van der Waals surface area contributed by atoms with Crippen molar-refractivity contribution >= 4 is 35.7 Å². The first-order valence-electron chi connectivity index (χ1n) is 16.6. The van der Waals surface area contributed by atoms with Crippen LogP contribution in [0.15, 0.2) is 91.5 Å². The lowest BCUT2D eigenvalue weighted by atomic mass is 9.98. The number of carboxylic acids is 2. The molecule has 2 aliphatic rings. The summed E-state index contributed by atoms with van der Waals surface area (Å²) in [6, 6.07) is 18.9. The van der Waals surface area contributed by atoms with Gasteiger partial charge in [0.25, 0.3) is 5.91 Å². The number of amides is 5. The minimum Gasteiger partial charge on any atom is -0.508 e. The van der Waals surface area contributed by atoms with Gasteiger partial charge < -0.3 is 35.8 Å². The molecule has 2 fully saturated rings. The van der Waals surface area contributed by atoms with Crippen LogP contribution in [-0.4, -0.2) is 109 Å². The molecule has 5 amide bonds. The maximum absolute atomic E-state index is 14.3. The number of hydrogen-bond acceptors (Lipinski definition) is 8. The van der Waals surface area contributed by atoms with E-state index in [1.807, 2.05) is 30.3 Å². The average molecular weight is 713 g/mol. The van der Waals surface area contributed by atoms with Crippen molar-refractivity contribution in [3.05, 3.63) is 114 Å². The van der Waals surface area contributed by atoms with Crippen LogP contribution in [0.2, 0.25) is 0 Å². The number of carboxylic acid groups (broad SMARTS) is 2. The molecule has 15 nitrogen and oxygen atoms in total. The van der Waals surface area contributed by atoms with Gasteiger partial charge in [-0.15, -0.1) is 6.58 Å². The van der Waals surface area contributed by atoms with E-state index < -0.39 is 54.5 Å². The van der Waals surface area contributed by atoms with Crippen molar-refractivity contribution in [1.29, 1.82) is 0 Å². The number of piperazine rings is 1. The number of carbonyl (C=O) groups excluding carboxylic acids is 4. The monoisotopic (exact) mass is 712 g/mol. The van der Waals surface area contributed by atoms with Crippen LogP contribution in [-0.2, 0) is 38.7 Å². The van der Waals surface area contributed by atoms with Gasteiger partial charge in [0.1, 0.15) is 24.0 Å². The smallest absolute Gasteiger partial charge is 0.334 e. The van der Waals surface area contributed by atoms with Gasteiger partial charge in [0.05, 0.1) is 13.1 Å². The lowest BCUT2D eigenvalue weighted by Gasteiger charge is -2.55. The highest BCUT2D eigenvalue weighted by molar-refractivity contribution is 5.97. The van der Waals surface area contributed by atoms with E-state index in [1.54, 1.807) is 35.4 Å². The van der Waals surface area contributed by atoms with Gasteiger partial charge in [-0.05, 0) is 47.4 Å². The van der Waals surface area contributed by atoms with Crippen LogP contribution in [0.4, 0.5) is 4.79 Å². The third-order valence-corrected chi connectivity index (χ3v) is 8.84. The van der Waals surface area contributed by atoms with Gasteiger partial charge in [0.15, 0.2) is 0 Å². The summed E-state index contributed by atoms with van der Waals surface area (Å²) in [7, 11) is 0. The van der Waals surface area contributed by atoms with Gasteiger partial charge in [-0.1, -0.05) is 60.7 Å². The number of carbonyl (C=O) groups is 6. The zero-order valence-corrected chi connectivity index (χ0v) is 28.3. The van der Waals surface area contributed by atoms with Gasteiger partial charge in [-0.3, -0.25) is 19.2 Å². The Morgan fingerprint density at radius 3 is 2.31 bits per heavy atom. The Morgan fingerprint density at radius 1 is 0.923 bits per heavy atom. The third-order valence-electron chi connectivity index (χ3n) is 8.84. The number of phenols is 1. The second-order valence-corrected chi connectivity index (χ2v) is 12.5. The topological polar surface area (TPSA) is 200 Å². The normalized spacial score (nSPS) is 18.0. The first-order valence-corrected chi connectivity index (χ1v) is 16.6. The number of aliphatic carboxylic acids is 2. The molecule has 15 heteroatoms. The van der Waals surface area contributed by atoms with Crippen molar-refractivity contribution in [3.63, 3.8) is 0 Å². The van der Waals surface area contributed by atoms with E-state index in [4.69, 9.17) is 5.11 Å². The van der Waals surface area contributed by atoms with Gasteiger partial charge in [0, 0.05) is 38.0 Å². The predicted octanol–water partition coefficient (Wildman–Crippen LogP) is 2.18. The molecule has 0 bridgehead atoms. The van der Waals surface area contributed by atoms with Crippen molar-refractivity contribution in [2.45, 2.75) is 50.6 Å². The van der Waals surface area contributed by atoms with Crippen LogP contribution in [0.3, 0.4) is 0 Å². The molecule has 0 unspecified atom stereocenters. The molecule has 0 radical (unpaired) electrons. The van der Waals surface area contributed by atoms with E-state index >= 15 is 0 Å². The number of hydrogen-bond donors (Lipinski definition) is 5. The summed E-state index contributed by atoms with van der Waals surface area (Å²) in [6.07, 6.45) is -0.0167. The van der Waals surface area contributed by atoms with Crippen LogP contribution in [0.25, 0.3) is 0 Å². The summed E-state index contributed by atoms with van der Waals surface area (Å²) in [5, 5.41) is 36.7. The zero-order chi connectivity index (χ0) is 37.4. The molecular weight excluding hydrogens is 672 g/mol. The Balaban J connectivity index is 1.45. The molecule has 272 valence electrons. The summed E-state index contributed by atoms with van der Waals surface area (Å²) in [5.74, 6) is -4.03. The van der Waals surface area contributed by atoms with Crippen LogP contribution < -0.4 is 10.6 Å². The average Bonchev–Trinajstić information content (AvgIpc) is 3.12. The fraction of sp³-hybridized carbons (Fsp3) is 0.297. The molecule has 2 aliphatic heterocycles. The van der Waals surface area contributed by atoms with E-state index in [0.717, 1.165) is 5.56 Å². The Labute approximate surface area is 299 Å². The number of nitrogens with one attached hydrogen (secondary N) is 2. The standard InChI is InChI=1S/C37H40N6O9/c1-2-17-41-23-32(45)42-30(19-24-11-13-28(44)14-12-24)35(49)40(22-31(42)43(41)37(52)38-20-25-7-4-3-5-8-25)21-26-9-6-10-27(18-26)34(48)39-29(36(50)51)15-16-33(46)47/h2-14,18,29-31,44H,1,15-17,19-23H2,(H,38,52)(H,39,48)(H,46,47)(H,50,51)/t29-,30-,31-/m0/s1. The number of rotatable bonds is 14. The van der Waals surface area contributed by atoms with Crippen molar-refractivity contribution in [3.8, 4) is 5.75 Å². The highest BCUT2D eigenvalue weighted by Crippen LogP contribution is 2.30. The Hall–Kier alpha value is -6.22. The summed E-state index contributed by atoms with van der Waals surface area (Å²) in [4.78, 5) is 80.8. The first kappa shape index (κ1) is 37.0. The van der Waals surface area contributed by atoms with Crippen LogP contribution >= 0.6 is 0 Å². The molecule has 0 aromatic heterocycles. The second-order valence-electron chi connectivity index (χ2n) is 12.5. The van der Waals surface area contributed by atoms with E-state index in [0.29, 0.717) is 11.1 Å². The van der Waals surface area contributed by atoms with Gasteiger partial charge in [0.2, 0.25) is 11.8 Å². The summed E-state index contributed by atoms with van der Waals surface area (Å²) in [6.45, 7) is 3.91. The van der Waals surface area contributed by atoms with Gasteiger partial charge in [-0.25, -0.2) is 19.6 Å². The van der Waals surface area contributed by atoms with E-state index in [1.165, 1.54) is 39.1 Å². The van der Waals surface area contributed by atoms with E-state index in [2.05, 4.69) is 17.2 Å². The number of hydrazine groups is 1. The maximum atomic E-state index is 14.3. The molecular formula is C37H40N6O9. The molecule has 5 rings (SSSR count). The Kier molecular flexibility index (Phi) is 11.9. The largest absolute Gasteiger partial charge is 0.508 e. The molecule has 5 N–H and O–H groups in total. The quantitative estimate of drug-likeness (QED) is 0.154. The van der Waals surface area contributed by atoms with Crippen LogP contribution in [0, 0.1) is 0 Å². The minimum absolute atomic E-state index is 0.0210. The molecule has 52 heavy (non-hydrogen) atoms. The number of nitrogens with zero attached hydrogens (tertiary/aromatic N) is 4. The second kappa shape index (κ2) is 16.7. The molecule has 2 heterocycles. The van der Waals surface area contributed by atoms with Crippen molar-refractivity contribution in [2.75, 3.05) is 19.6 Å². The third kappa shape index (κ3) is 8.92. The lowest BCUT2D eigenvalue weighted by Crippen LogP contribution is -2.76. The minimum atomic E-state index is -1.43.